The van der Waals surface area contributed by atoms with Gasteiger partial charge in [0.2, 0.25) is 5.91 Å². The number of carbonyl (C=O) groups excluding carboxylic acids is 3. The van der Waals surface area contributed by atoms with Gasteiger partial charge in [0.15, 0.2) is 0 Å². The van der Waals surface area contributed by atoms with Crippen LogP contribution in [0.4, 0.5) is 10.5 Å². The van der Waals surface area contributed by atoms with Gasteiger partial charge in [0.1, 0.15) is 18.9 Å². The van der Waals surface area contributed by atoms with Gasteiger partial charge in [-0.05, 0) is 90.8 Å². The van der Waals surface area contributed by atoms with Gasteiger partial charge >= 0.3 is 0 Å². The predicted octanol–water partition coefficient (Wildman–Crippen LogP) is 6.86. The van der Waals surface area contributed by atoms with Crippen molar-refractivity contribution in [3.63, 3.8) is 0 Å². The van der Waals surface area contributed by atoms with Crippen molar-refractivity contribution in [2.24, 2.45) is 0 Å². The van der Waals surface area contributed by atoms with Crippen molar-refractivity contribution in [3.05, 3.63) is 97.9 Å². The average Bonchev–Trinajstić information content (AvgIpc) is 3.08. The molecule has 0 atom stereocenters. The monoisotopic (exact) mass is 540 g/mol. The first kappa shape index (κ1) is 25.8. The van der Waals surface area contributed by atoms with Crippen molar-refractivity contribution in [2.45, 2.75) is 20.5 Å². The van der Waals surface area contributed by atoms with Gasteiger partial charge in [0.25, 0.3) is 11.1 Å². The first-order valence-corrected chi connectivity index (χ1v) is 12.6. The summed E-state index contributed by atoms with van der Waals surface area (Å²) in [7, 11) is 0. The fourth-order valence-electron chi connectivity index (χ4n) is 3.49. The third-order valence-corrected chi connectivity index (χ3v) is 6.89. The average molecular weight is 541 g/mol. The zero-order chi connectivity index (χ0) is 25.8. The van der Waals surface area contributed by atoms with Crippen molar-refractivity contribution >= 4 is 63.8 Å². The molecule has 9 heteroatoms. The number of amides is 3. The number of rotatable bonds is 7. The highest BCUT2D eigenvalue weighted by Gasteiger charge is 2.36. The second kappa shape index (κ2) is 11.2. The molecular weight excluding hydrogens is 519 g/mol. The molecule has 4 rings (SSSR count). The van der Waals surface area contributed by atoms with Crippen LogP contribution in [-0.2, 0) is 16.2 Å². The van der Waals surface area contributed by atoms with E-state index in [-0.39, 0.29) is 18.1 Å². The molecule has 1 saturated heterocycles. The highest BCUT2D eigenvalue weighted by Crippen LogP contribution is 2.35. The standard InChI is InChI=1S/C27H22Cl2N2O4S/c1-16-6-8-22(10-17(16)2)30-25(32)14-31-26(33)24(36-27(31)34)13-19-12-21(29)7-9-23(19)35-15-18-4-3-5-20(28)11-18/h3-13H,14-15H2,1-2H3,(H,30,32)/b24-13+. The van der Waals surface area contributed by atoms with Crippen LogP contribution < -0.4 is 10.1 Å². The second-order valence-electron chi connectivity index (χ2n) is 8.22. The Balaban J connectivity index is 1.48. The molecule has 1 fully saturated rings. The lowest BCUT2D eigenvalue weighted by molar-refractivity contribution is -0.127. The molecular formula is C27H22Cl2N2O4S. The van der Waals surface area contributed by atoms with Crippen LogP contribution >= 0.6 is 35.0 Å². The van der Waals surface area contributed by atoms with Gasteiger partial charge in [-0.25, -0.2) is 0 Å². The van der Waals surface area contributed by atoms with Crippen LogP contribution in [0.2, 0.25) is 10.0 Å². The number of hydrogen-bond donors (Lipinski definition) is 1. The number of hydrogen-bond acceptors (Lipinski definition) is 5. The smallest absolute Gasteiger partial charge is 0.294 e. The molecule has 0 spiro atoms. The van der Waals surface area contributed by atoms with E-state index in [0.29, 0.717) is 27.0 Å². The van der Waals surface area contributed by atoms with E-state index in [2.05, 4.69) is 5.32 Å². The number of anilines is 1. The molecule has 6 nitrogen and oxygen atoms in total. The van der Waals surface area contributed by atoms with Crippen molar-refractivity contribution in [2.75, 3.05) is 11.9 Å². The first-order chi connectivity index (χ1) is 17.2. The largest absolute Gasteiger partial charge is 0.488 e. The number of imide groups is 1. The predicted molar refractivity (Wildman–Crippen MR) is 144 cm³/mol. The van der Waals surface area contributed by atoms with Gasteiger partial charge in [-0.15, -0.1) is 0 Å². The summed E-state index contributed by atoms with van der Waals surface area (Å²) in [5, 5.41) is 3.26. The Morgan fingerprint density at radius 1 is 1.00 bits per heavy atom. The van der Waals surface area contributed by atoms with Crippen LogP contribution in [0, 0.1) is 13.8 Å². The molecule has 0 radical (unpaired) electrons. The van der Waals surface area contributed by atoms with Gasteiger partial charge in [0, 0.05) is 21.3 Å². The molecule has 1 N–H and O–H groups in total. The van der Waals surface area contributed by atoms with Gasteiger partial charge in [-0.1, -0.05) is 41.4 Å². The maximum Gasteiger partial charge on any atom is 0.294 e. The Hall–Kier alpha value is -3.26. The lowest BCUT2D eigenvalue weighted by atomic mass is 10.1. The zero-order valence-electron chi connectivity index (χ0n) is 19.5. The van der Waals surface area contributed by atoms with E-state index in [1.807, 2.05) is 38.1 Å². The normalized spacial score (nSPS) is 14.4. The second-order valence-corrected chi connectivity index (χ2v) is 10.1. The number of ether oxygens (including phenoxy) is 1. The SMILES string of the molecule is Cc1ccc(NC(=O)CN2C(=O)S/C(=C/c3cc(Cl)ccc3OCc3cccc(Cl)c3)C2=O)cc1C. The summed E-state index contributed by atoms with van der Waals surface area (Å²) in [6.45, 7) is 3.78. The Morgan fingerprint density at radius 3 is 2.53 bits per heavy atom. The van der Waals surface area contributed by atoms with Crippen molar-refractivity contribution < 1.29 is 19.1 Å². The quantitative estimate of drug-likeness (QED) is 0.331. The van der Waals surface area contributed by atoms with E-state index in [9.17, 15) is 14.4 Å². The molecule has 0 aromatic heterocycles. The molecule has 184 valence electrons. The molecule has 0 aliphatic carbocycles. The minimum Gasteiger partial charge on any atom is -0.488 e. The summed E-state index contributed by atoms with van der Waals surface area (Å²) in [6, 6.07) is 17.8. The maximum absolute atomic E-state index is 13.0. The van der Waals surface area contributed by atoms with Crippen LogP contribution in [0.3, 0.4) is 0 Å². The molecule has 3 amide bonds. The summed E-state index contributed by atoms with van der Waals surface area (Å²) < 4.78 is 5.94. The molecule has 3 aromatic carbocycles. The third kappa shape index (κ3) is 6.29. The van der Waals surface area contributed by atoms with Gasteiger partial charge in [-0.2, -0.15) is 0 Å². The van der Waals surface area contributed by atoms with Gasteiger partial charge < -0.3 is 10.1 Å². The molecule has 0 saturated carbocycles. The van der Waals surface area contributed by atoms with Crippen molar-refractivity contribution in [3.8, 4) is 5.75 Å². The summed E-state index contributed by atoms with van der Waals surface area (Å²) in [5.41, 5.74) is 4.14. The van der Waals surface area contributed by atoms with Crippen LogP contribution in [0.15, 0.2) is 65.6 Å². The fraction of sp³-hybridized carbons (Fsp3) is 0.148. The zero-order valence-corrected chi connectivity index (χ0v) is 21.8. The molecule has 36 heavy (non-hydrogen) atoms. The molecule has 1 aliphatic rings. The highest BCUT2D eigenvalue weighted by atomic mass is 35.5. The van der Waals surface area contributed by atoms with Crippen LogP contribution in [0.25, 0.3) is 6.08 Å². The van der Waals surface area contributed by atoms with E-state index >= 15 is 0 Å². The molecule has 1 aliphatic heterocycles. The Morgan fingerprint density at radius 2 is 1.78 bits per heavy atom. The number of carbonyl (C=O) groups is 3. The van der Waals surface area contributed by atoms with Crippen LogP contribution in [-0.4, -0.2) is 28.5 Å². The number of benzene rings is 3. The fourth-order valence-corrected chi connectivity index (χ4v) is 4.71. The minimum absolute atomic E-state index is 0.175. The topological polar surface area (TPSA) is 75.7 Å². The lowest BCUT2D eigenvalue weighted by Gasteiger charge is -2.13. The Labute approximate surface area is 223 Å². The number of halogens is 2. The number of thioether (sulfide) groups is 1. The maximum atomic E-state index is 13.0. The Kier molecular flexibility index (Phi) is 8.04. The summed E-state index contributed by atoms with van der Waals surface area (Å²) in [5.74, 6) is -0.533. The Bertz CT molecular complexity index is 1390. The number of nitrogens with one attached hydrogen (secondary N) is 1. The summed E-state index contributed by atoms with van der Waals surface area (Å²) >= 11 is 13.0. The van der Waals surface area contributed by atoms with E-state index in [1.54, 1.807) is 42.5 Å². The van der Waals surface area contributed by atoms with E-state index < -0.39 is 17.1 Å². The summed E-state index contributed by atoms with van der Waals surface area (Å²) in [6.07, 6.45) is 1.55. The van der Waals surface area contributed by atoms with Crippen molar-refractivity contribution in [1.29, 1.82) is 0 Å². The molecule has 0 bridgehead atoms. The number of aryl methyl sites for hydroxylation is 2. The first-order valence-electron chi connectivity index (χ1n) is 11.0. The molecule has 1 heterocycles. The number of nitrogens with zero attached hydrogens (tertiary/aromatic N) is 1. The van der Waals surface area contributed by atoms with E-state index in [0.717, 1.165) is 33.4 Å². The lowest BCUT2D eigenvalue weighted by Crippen LogP contribution is -2.36. The van der Waals surface area contributed by atoms with Crippen LogP contribution in [0.1, 0.15) is 22.3 Å². The van der Waals surface area contributed by atoms with Crippen LogP contribution in [0.5, 0.6) is 5.75 Å². The highest BCUT2D eigenvalue weighted by molar-refractivity contribution is 8.18. The van der Waals surface area contributed by atoms with Gasteiger partial charge in [-0.3, -0.25) is 19.3 Å². The summed E-state index contributed by atoms with van der Waals surface area (Å²) in [4.78, 5) is 39.1. The van der Waals surface area contributed by atoms with Gasteiger partial charge in [0.05, 0.1) is 4.91 Å². The van der Waals surface area contributed by atoms with E-state index in [4.69, 9.17) is 27.9 Å². The van der Waals surface area contributed by atoms with Crippen molar-refractivity contribution in [1.82, 2.24) is 4.90 Å². The minimum atomic E-state index is -0.555. The molecule has 3 aromatic rings. The third-order valence-electron chi connectivity index (χ3n) is 5.51. The molecule has 0 unspecified atom stereocenters. The van der Waals surface area contributed by atoms with E-state index in [1.165, 1.54) is 0 Å².